The molecule has 2 heterocycles. The molecule has 0 saturated heterocycles. The summed E-state index contributed by atoms with van der Waals surface area (Å²) in [7, 11) is 0. The van der Waals surface area contributed by atoms with E-state index in [1.165, 1.54) is 5.56 Å². The number of hydrogen-bond acceptors (Lipinski definition) is 3. The first-order chi connectivity index (χ1) is 10.3. The zero-order valence-electron chi connectivity index (χ0n) is 11.0. The molecule has 0 saturated carbocycles. The third-order valence-corrected chi connectivity index (χ3v) is 4.82. The number of thioether (sulfide) groups is 1. The monoisotopic (exact) mass is 358 g/mol. The van der Waals surface area contributed by atoms with Gasteiger partial charge in [-0.1, -0.05) is 52.0 Å². The van der Waals surface area contributed by atoms with Crippen LogP contribution >= 0.6 is 27.7 Å². The Labute approximate surface area is 133 Å². The van der Waals surface area contributed by atoms with E-state index in [4.69, 9.17) is 0 Å². The molecule has 0 atom stereocenters. The average molecular weight is 359 g/mol. The molecule has 2 aromatic heterocycles. The summed E-state index contributed by atoms with van der Waals surface area (Å²) in [4.78, 5) is 4.53. The van der Waals surface area contributed by atoms with Crippen LogP contribution < -0.4 is 0 Å². The molecule has 4 aromatic rings. The van der Waals surface area contributed by atoms with E-state index < -0.39 is 0 Å². The van der Waals surface area contributed by atoms with E-state index in [0.717, 1.165) is 32.2 Å². The topological polar surface area (TPSA) is 46.0 Å². The van der Waals surface area contributed by atoms with Gasteiger partial charge in [0.25, 0.3) is 0 Å². The average Bonchev–Trinajstić information content (AvgIpc) is 3.06. The minimum absolute atomic E-state index is 0.787. The van der Waals surface area contributed by atoms with Crippen LogP contribution in [0.1, 0.15) is 5.56 Å². The molecule has 0 aliphatic rings. The third-order valence-electron chi connectivity index (χ3n) is 3.28. The number of aromatic amines is 1. The second-order valence-corrected chi connectivity index (χ2v) is 6.54. The van der Waals surface area contributed by atoms with Crippen LogP contribution in [0.25, 0.3) is 16.8 Å². The molecule has 4 nitrogen and oxygen atoms in total. The molecule has 0 aliphatic carbocycles. The van der Waals surface area contributed by atoms with E-state index >= 15 is 0 Å². The number of para-hydroxylation sites is 2. The predicted octanol–water partition coefficient (Wildman–Crippen LogP) is 4.27. The van der Waals surface area contributed by atoms with Gasteiger partial charge in [-0.3, -0.25) is 4.40 Å². The molecule has 21 heavy (non-hydrogen) atoms. The lowest BCUT2D eigenvalue weighted by atomic mass is 10.2. The summed E-state index contributed by atoms with van der Waals surface area (Å²) >= 11 is 5.15. The van der Waals surface area contributed by atoms with E-state index in [1.54, 1.807) is 11.8 Å². The van der Waals surface area contributed by atoms with Crippen molar-refractivity contribution in [2.75, 3.05) is 0 Å². The fourth-order valence-electron chi connectivity index (χ4n) is 2.27. The van der Waals surface area contributed by atoms with Crippen molar-refractivity contribution in [3.8, 4) is 0 Å². The minimum atomic E-state index is 0.787. The van der Waals surface area contributed by atoms with E-state index in [-0.39, 0.29) is 0 Å². The van der Waals surface area contributed by atoms with Gasteiger partial charge in [0, 0.05) is 10.2 Å². The highest BCUT2D eigenvalue weighted by atomic mass is 79.9. The lowest BCUT2D eigenvalue weighted by molar-refractivity contribution is 0.940. The Morgan fingerprint density at radius 2 is 1.90 bits per heavy atom. The standard InChI is InChI=1S/C15H11BrN4S/c16-11-7-5-10(6-8-11)9-21-15-19-18-14-17-12-3-1-2-4-13(12)20(14)15/h1-8H,9H2,(H,17,18). The highest BCUT2D eigenvalue weighted by Gasteiger charge is 2.11. The van der Waals surface area contributed by atoms with Crippen molar-refractivity contribution in [1.29, 1.82) is 0 Å². The Balaban J connectivity index is 1.68. The molecular formula is C15H11BrN4S. The summed E-state index contributed by atoms with van der Waals surface area (Å²) in [6.07, 6.45) is 0. The molecular weight excluding hydrogens is 348 g/mol. The molecule has 0 bridgehead atoms. The number of fused-ring (bicyclic) bond motifs is 3. The van der Waals surface area contributed by atoms with Crippen LogP contribution in [0.5, 0.6) is 0 Å². The van der Waals surface area contributed by atoms with Crippen LogP contribution in [-0.2, 0) is 5.75 Å². The zero-order chi connectivity index (χ0) is 14.2. The number of aromatic nitrogens is 4. The van der Waals surface area contributed by atoms with Gasteiger partial charge in [-0.05, 0) is 29.8 Å². The SMILES string of the molecule is Brc1ccc(CSc2n[nH]c3nc4ccccc4n23)cc1. The fourth-order valence-corrected chi connectivity index (χ4v) is 3.44. The second kappa shape index (κ2) is 5.20. The van der Waals surface area contributed by atoms with Gasteiger partial charge < -0.3 is 0 Å². The van der Waals surface area contributed by atoms with E-state index in [2.05, 4.69) is 65.8 Å². The van der Waals surface area contributed by atoms with Gasteiger partial charge in [-0.2, -0.15) is 0 Å². The summed E-state index contributed by atoms with van der Waals surface area (Å²) in [6, 6.07) is 16.4. The highest BCUT2D eigenvalue weighted by Crippen LogP contribution is 2.25. The van der Waals surface area contributed by atoms with Crippen LogP contribution in [0, 0.1) is 0 Å². The number of rotatable bonds is 3. The van der Waals surface area contributed by atoms with Crippen LogP contribution in [0.2, 0.25) is 0 Å². The molecule has 104 valence electrons. The van der Waals surface area contributed by atoms with E-state index in [1.807, 2.05) is 18.2 Å². The summed E-state index contributed by atoms with van der Waals surface area (Å²) < 4.78 is 3.16. The van der Waals surface area contributed by atoms with Gasteiger partial charge in [0.15, 0.2) is 5.16 Å². The molecule has 0 fully saturated rings. The molecule has 0 amide bonds. The molecule has 1 N–H and O–H groups in total. The second-order valence-electron chi connectivity index (χ2n) is 4.68. The Bertz CT molecular complexity index is 910. The van der Waals surface area contributed by atoms with Gasteiger partial charge >= 0.3 is 0 Å². The van der Waals surface area contributed by atoms with Crippen molar-refractivity contribution >= 4 is 44.5 Å². The number of benzene rings is 2. The van der Waals surface area contributed by atoms with Gasteiger partial charge in [0.2, 0.25) is 5.78 Å². The maximum atomic E-state index is 4.53. The maximum absolute atomic E-state index is 4.53. The summed E-state index contributed by atoms with van der Waals surface area (Å²) in [5.74, 6) is 1.66. The number of halogens is 1. The number of nitrogens with one attached hydrogen (secondary N) is 1. The highest BCUT2D eigenvalue weighted by molar-refractivity contribution is 9.10. The normalized spacial score (nSPS) is 11.5. The first-order valence-corrected chi connectivity index (χ1v) is 8.28. The Morgan fingerprint density at radius 3 is 2.76 bits per heavy atom. The Hall–Kier alpha value is -1.79. The van der Waals surface area contributed by atoms with Crippen LogP contribution in [0.4, 0.5) is 0 Å². The predicted molar refractivity (Wildman–Crippen MR) is 88.5 cm³/mol. The number of H-pyrrole nitrogens is 1. The quantitative estimate of drug-likeness (QED) is 0.556. The lowest BCUT2D eigenvalue weighted by Gasteiger charge is -2.00. The summed E-state index contributed by atoms with van der Waals surface area (Å²) in [6.45, 7) is 0. The van der Waals surface area contributed by atoms with Crippen LogP contribution in [0.15, 0.2) is 58.2 Å². The first-order valence-electron chi connectivity index (χ1n) is 6.50. The van der Waals surface area contributed by atoms with Crippen molar-refractivity contribution in [3.63, 3.8) is 0 Å². The van der Waals surface area contributed by atoms with Crippen LogP contribution in [-0.4, -0.2) is 19.6 Å². The van der Waals surface area contributed by atoms with Crippen molar-refractivity contribution in [2.45, 2.75) is 10.9 Å². The van der Waals surface area contributed by atoms with E-state index in [0.29, 0.717) is 0 Å². The number of hydrogen-bond donors (Lipinski definition) is 1. The molecule has 0 unspecified atom stereocenters. The Morgan fingerprint density at radius 1 is 1.10 bits per heavy atom. The summed E-state index contributed by atoms with van der Waals surface area (Å²) in [5.41, 5.74) is 3.33. The van der Waals surface area contributed by atoms with Gasteiger partial charge in [0.05, 0.1) is 11.0 Å². The van der Waals surface area contributed by atoms with Crippen molar-refractivity contribution < 1.29 is 0 Å². The number of imidazole rings is 1. The van der Waals surface area contributed by atoms with Crippen molar-refractivity contribution in [2.24, 2.45) is 0 Å². The first kappa shape index (κ1) is 12.9. The van der Waals surface area contributed by atoms with Gasteiger partial charge in [0.1, 0.15) is 0 Å². The smallest absolute Gasteiger partial charge is 0.231 e. The third kappa shape index (κ3) is 2.34. The zero-order valence-corrected chi connectivity index (χ0v) is 13.4. The van der Waals surface area contributed by atoms with Crippen molar-refractivity contribution in [1.82, 2.24) is 19.6 Å². The number of nitrogens with zero attached hydrogens (tertiary/aromatic N) is 3. The molecule has 6 heteroatoms. The molecule has 4 rings (SSSR count). The maximum Gasteiger partial charge on any atom is 0.231 e. The van der Waals surface area contributed by atoms with Crippen LogP contribution in [0.3, 0.4) is 0 Å². The molecule has 0 spiro atoms. The van der Waals surface area contributed by atoms with Crippen molar-refractivity contribution in [3.05, 3.63) is 58.6 Å². The Kier molecular flexibility index (Phi) is 3.20. The molecule has 0 radical (unpaired) electrons. The largest absolute Gasteiger partial charge is 0.254 e. The van der Waals surface area contributed by atoms with Gasteiger partial charge in [-0.25, -0.2) is 10.1 Å². The lowest BCUT2D eigenvalue weighted by Crippen LogP contribution is -1.87. The summed E-state index contributed by atoms with van der Waals surface area (Å²) in [5, 5.41) is 8.30. The van der Waals surface area contributed by atoms with E-state index in [9.17, 15) is 0 Å². The molecule has 0 aliphatic heterocycles. The van der Waals surface area contributed by atoms with Gasteiger partial charge in [-0.15, -0.1) is 5.10 Å². The fraction of sp³-hybridized carbons (Fsp3) is 0.0667. The molecule has 2 aromatic carbocycles. The minimum Gasteiger partial charge on any atom is -0.254 e.